The van der Waals surface area contributed by atoms with Gasteiger partial charge in [-0.15, -0.1) is 0 Å². The molecule has 0 amide bonds. The van der Waals surface area contributed by atoms with Crippen LogP contribution in [-0.2, 0) is 0 Å². The van der Waals surface area contributed by atoms with Gasteiger partial charge >= 0.3 is 6.61 Å². The molecule has 5 heteroatoms. The Hall–Kier alpha value is -1.20. The predicted molar refractivity (Wildman–Crippen MR) is 65.5 cm³/mol. The van der Waals surface area contributed by atoms with E-state index in [1.54, 1.807) is 18.2 Å². The molecule has 3 N–H and O–H groups in total. The zero-order valence-electron chi connectivity index (χ0n) is 10.4. The molecule has 0 unspecified atom stereocenters. The van der Waals surface area contributed by atoms with Gasteiger partial charge in [0.1, 0.15) is 5.75 Å². The third kappa shape index (κ3) is 4.23. The minimum atomic E-state index is -2.90. The largest absolute Gasteiger partial charge is 0.434 e. The normalized spacial score (nSPS) is 14.6. The van der Waals surface area contributed by atoms with E-state index >= 15 is 0 Å². The van der Waals surface area contributed by atoms with Gasteiger partial charge in [-0.05, 0) is 12.5 Å². The van der Waals surface area contributed by atoms with E-state index < -0.39 is 18.8 Å². The Morgan fingerprint density at radius 1 is 1.33 bits per heavy atom. The standard InChI is InChI=1S/C13H19F2NO2/c1-2-3-7-10(17)12(16)9-6-4-5-8-11(9)18-13(14)15/h4-6,8,10,12-13,17H,2-3,7,16H2,1H3/t10-,12+/m1/s1. The van der Waals surface area contributed by atoms with E-state index in [0.29, 0.717) is 12.0 Å². The summed E-state index contributed by atoms with van der Waals surface area (Å²) in [7, 11) is 0. The number of hydrogen-bond donors (Lipinski definition) is 2. The molecule has 3 nitrogen and oxygen atoms in total. The molecule has 1 aromatic rings. The lowest BCUT2D eigenvalue weighted by Crippen LogP contribution is -2.26. The number of rotatable bonds is 7. The molecule has 0 aliphatic carbocycles. The van der Waals surface area contributed by atoms with E-state index in [1.807, 2.05) is 6.92 Å². The third-order valence-corrected chi connectivity index (χ3v) is 2.76. The number of ether oxygens (including phenoxy) is 1. The zero-order chi connectivity index (χ0) is 13.5. The maximum Gasteiger partial charge on any atom is 0.387 e. The van der Waals surface area contributed by atoms with Gasteiger partial charge in [0.05, 0.1) is 12.1 Å². The van der Waals surface area contributed by atoms with Crippen LogP contribution in [0.15, 0.2) is 24.3 Å². The minimum absolute atomic E-state index is 0.0237. The monoisotopic (exact) mass is 259 g/mol. The summed E-state index contributed by atoms with van der Waals surface area (Å²) in [6.07, 6.45) is 1.57. The van der Waals surface area contributed by atoms with Crippen molar-refractivity contribution in [2.75, 3.05) is 0 Å². The predicted octanol–water partition coefficient (Wildman–Crippen LogP) is 2.84. The first-order chi connectivity index (χ1) is 8.56. The molecule has 0 spiro atoms. The minimum Gasteiger partial charge on any atom is -0.434 e. The van der Waals surface area contributed by atoms with Crippen LogP contribution < -0.4 is 10.5 Å². The van der Waals surface area contributed by atoms with Crippen molar-refractivity contribution in [3.63, 3.8) is 0 Å². The highest BCUT2D eigenvalue weighted by Gasteiger charge is 2.21. The number of unbranched alkanes of at least 4 members (excludes halogenated alkanes) is 1. The Kier molecular flexibility index (Phi) is 6.01. The van der Waals surface area contributed by atoms with Crippen molar-refractivity contribution in [3.05, 3.63) is 29.8 Å². The van der Waals surface area contributed by atoms with Crippen molar-refractivity contribution in [3.8, 4) is 5.75 Å². The van der Waals surface area contributed by atoms with E-state index in [-0.39, 0.29) is 5.75 Å². The van der Waals surface area contributed by atoms with Crippen LogP contribution in [0.1, 0.15) is 37.8 Å². The van der Waals surface area contributed by atoms with Crippen LogP contribution in [0.5, 0.6) is 5.75 Å². The van der Waals surface area contributed by atoms with Crippen LogP contribution in [0.4, 0.5) is 8.78 Å². The first kappa shape index (κ1) is 14.9. The van der Waals surface area contributed by atoms with Gasteiger partial charge in [0.25, 0.3) is 0 Å². The van der Waals surface area contributed by atoms with Gasteiger partial charge in [-0.2, -0.15) is 8.78 Å². The third-order valence-electron chi connectivity index (χ3n) is 2.76. The Morgan fingerprint density at radius 2 is 2.00 bits per heavy atom. The van der Waals surface area contributed by atoms with Crippen molar-refractivity contribution in [1.29, 1.82) is 0 Å². The van der Waals surface area contributed by atoms with Crippen molar-refractivity contribution < 1.29 is 18.6 Å². The molecule has 0 bridgehead atoms. The first-order valence-corrected chi connectivity index (χ1v) is 6.03. The molecule has 0 heterocycles. The van der Waals surface area contributed by atoms with Crippen LogP contribution in [0.2, 0.25) is 0 Å². The summed E-state index contributed by atoms with van der Waals surface area (Å²) in [5.74, 6) is 0.0237. The Labute approximate surface area is 106 Å². The van der Waals surface area contributed by atoms with Gasteiger partial charge in [0, 0.05) is 5.56 Å². The number of para-hydroxylation sites is 1. The zero-order valence-corrected chi connectivity index (χ0v) is 10.4. The van der Waals surface area contributed by atoms with Gasteiger partial charge in [-0.3, -0.25) is 0 Å². The lowest BCUT2D eigenvalue weighted by atomic mass is 9.98. The average Bonchev–Trinajstić information content (AvgIpc) is 2.35. The lowest BCUT2D eigenvalue weighted by molar-refractivity contribution is -0.0510. The number of halogens is 2. The maximum absolute atomic E-state index is 12.2. The number of aliphatic hydroxyl groups is 1. The van der Waals surface area contributed by atoms with Gasteiger partial charge in [0.2, 0.25) is 0 Å². The second-order valence-corrected chi connectivity index (χ2v) is 4.15. The fraction of sp³-hybridized carbons (Fsp3) is 0.538. The molecule has 0 fully saturated rings. The summed E-state index contributed by atoms with van der Waals surface area (Å²) >= 11 is 0. The molecular weight excluding hydrogens is 240 g/mol. The molecule has 2 atom stereocenters. The molecular formula is C13H19F2NO2. The van der Waals surface area contributed by atoms with Crippen molar-refractivity contribution in [1.82, 2.24) is 0 Å². The van der Waals surface area contributed by atoms with E-state index in [1.165, 1.54) is 6.07 Å². The van der Waals surface area contributed by atoms with Gasteiger partial charge in [-0.1, -0.05) is 38.0 Å². The Balaban J connectivity index is 2.80. The van der Waals surface area contributed by atoms with Gasteiger partial charge in [0.15, 0.2) is 0 Å². The topological polar surface area (TPSA) is 55.5 Å². The number of aliphatic hydroxyl groups excluding tert-OH is 1. The van der Waals surface area contributed by atoms with Crippen LogP contribution in [0.25, 0.3) is 0 Å². The van der Waals surface area contributed by atoms with Gasteiger partial charge < -0.3 is 15.6 Å². The van der Waals surface area contributed by atoms with Crippen molar-refractivity contribution in [2.24, 2.45) is 5.73 Å². The smallest absolute Gasteiger partial charge is 0.387 e. The Bertz CT molecular complexity index is 361. The van der Waals surface area contributed by atoms with Crippen LogP contribution in [0.3, 0.4) is 0 Å². The Morgan fingerprint density at radius 3 is 2.61 bits per heavy atom. The first-order valence-electron chi connectivity index (χ1n) is 6.03. The van der Waals surface area contributed by atoms with E-state index in [4.69, 9.17) is 5.73 Å². The number of alkyl halides is 2. The number of benzene rings is 1. The quantitative estimate of drug-likeness (QED) is 0.791. The lowest BCUT2D eigenvalue weighted by Gasteiger charge is -2.21. The second kappa shape index (κ2) is 7.28. The van der Waals surface area contributed by atoms with Crippen molar-refractivity contribution in [2.45, 2.75) is 44.9 Å². The second-order valence-electron chi connectivity index (χ2n) is 4.15. The highest BCUT2D eigenvalue weighted by molar-refractivity contribution is 5.36. The molecule has 18 heavy (non-hydrogen) atoms. The SMILES string of the molecule is CCCC[C@@H](O)[C@@H](N)c1ccccc1OC(F)F. The fourth-order valence-electron chi connectivity index (χ4n) is 1.76. The van der Waals surface area contributed by atoms with Gasteiger partial charge in [-0.25, -0.2) is 0 Å². The molecule has 0 aliphatic heterocycles. The molecule has 1 aromatic carbocycles. The molecule has 1 rings (SSSR count). The highest BCUT2D eigenvalue weighted by Crippen LogP contribution is 2.28. The van der Waals surface area contributed by atoms with Crippen LogP contribution in [-0.4, -0.2) is 17.8 Å². The van der Waals surface area contributed by atoms with Crippen LogP contribution >= 0.6 is 0 Å². The summed E-state index contributed by atoms with van der Waals surface area (Å²) in [6.45, 7) is -0.891. The van der Waals surface area contributed by atoms with E-state index in [2.05, 4.69) is 4.74 Å². The molecule has 0 saturated carbocycles. The maximum atomic E-state index is 12.2. The van der Waals surface area contributed by atoms with E-state index in [9.17, 15) is 13.9 Å². The highest BCUT2D eigenvalue weighted by atomic mass is 19.3. The average molecular weight is 259 g/mol. The summed E-state index contributed by atoms with van der Waals surface area (Å²) < 4.78 is 28.9. The summed E-state index contributed by atoms with van der Waals surface area (Å²) in [6, 6.07) is 5.57. The van der Waals surface area contributed by atoms with Crippen LogP contribution in [0, 0.1) is 0 Å². The molecule has 0 aromatic heterocycles. The fourth-order valence-corrected chi connectivity index (χ4v) is 1.76. The number of hydrogen-bond acceptors (Lipinski definition) is 3. The molecule has 0 radical (unpaired) electrons. The van der Waals surface area contributed by atoms with Crippen molar-refractivity contribution >= 4 is 0 Å². The summed E-state index contributed by atoms with van der Waals surface area (Å²) in [5.41, 5.74) is 6.29. The molecule has 0 saturated heterocycles. The number of nitrogens with two attached hydrogens (primary N) is 1. The summed E-state index contributed by atoms with van der Waals surface area (Å²) in [4.78, 5) is 0. The molecule has 0 aliphatic rings. The van der Waals surface area contributed by atoms with E-state index in [0.717, 1.165) is 12.8 Å². The summed E-state index contributed by atoms with van der Waals surface area (Å²) in [5, 5.41) is 9.89. The molecule has 102 valence electrons.